The Morgan fingerprint density at radius 1 is 0.380 bits per heavy atom. The molecule has 92 heavy (non-hydrogen) atoms. The molecule has 484 valence electrons. The molecule has 0 amide bonds. The largest absolute Gasteiger partial charge is 0.497 e. The first-order valence-corrected chi connectivity index (χ1v) is 30.5. The van der Waals surface area contributed by atoms with Gasteiger partial charge in [-0.3, -0.25) is 0 Å². The Bertz CT molecular complexity index is 3330. The highest BCUT2D eigenvalue weighted by Gasteiger charge is 2.59. The number of methoxy groups -OCH3 is 3. The summed E-state index contributed by atoms with van der Waals surface area (Å²) in [6, 6.07) is 63.0. The maximum atomic E-state index is 14.6. The summed E-state index contributed by atoms with van der Waals surface area (Å²) >= 11 is 0. The zero-order chi connectivity index (χ0) is 64.0. The first kappa shape index (κ1) is 66.9. The van der Waals surface area contributed by atoms with Crippen molar-refractivity contribution in [1.29, 1.82) is 0 Å². The van der Waals surface area contributed by atoms with Gasteiger partial charge in [0, 0.05) is 0 Å². The number of benzene rings is 7. The molecule has 3 aliphatic heterocycles. The minimum atomic E-state index is -1.64. The Morgan fingerprint density at radius 3 is 1.16 bits per heavy atom. The first-order valence-electron chi connectivity index (χ1n) is 30.5. The van der Waals surface area contributed by atoms with Gasteiger partial charge in [-0.05, 0) is 64.6 Å². The van der Waals surface area contributed by atoms with Gasteiger partial charge in [0.25, 0.3) is 0 Å². The average Bonchev–Trinajstić information content (AvgIpc) is 0.784. The molecular weight excluding hydrogens is 1180 g/mol. The normalized spacial score (nSPS) is 26.2. The predicted octanol–water partition coefficient (Wildman–Crippen LogP) is 10.2. The van der Waals surface area contributed by atoms with Crippen LogP contribution < -0.4 is 4.74 Å². The van der Waals surface area contributed by atoms with E-state index in [1.807, 2.05) is 164 Å². The van der Waals surface area contributed by atoms with Crippen molar-refractivity contribution in [2.45, 2.75) is 139 Å². The summed E-state index contributed by atoms with van der Waals surface area (Å²) in [5.74, 6) is -1.74. The zero-order valence-corrected chi connectivity index (χ0v) is 51.8. The van der Waals surface area contributed by atoms with Crippen LogP contribution in [-0.2, 0) is 120 Å². The summed E-state index contributed by atoms with van der Waals surface area (Å²) in [6.07, 6.45) is -18.8. The van der Waals surface area contributed by atoms with E-state index in [1.54, 1.807) is 62.6 Å². The van der Waals surface area contributed by atoms with Crippen molar-refractivity contribution in [3.05, 3.63) is 258 Å². The van der Waals surface area contributed by atoms with Crippen molar-refractivity contribution in [3.63, 3.8) is 0 Å². The fraction of sp³-hybridized carbons (Fsp3) is 0.356. The zero-order valence-electron chi connectivity index (χ0n) is 51.8. The van der Waals surface area contributed by atoms with Crippen LogP contribution >= 0.6 is 0 Å². The molecule has 0 unspecified atom stereocenters. The molecule has 7 aromatic rings. The van der Waals surface area contributed by atoms with E-state index in [1.165, 1.54) is 14.2 Å². The highest BCUT2D eigenvalue weighted by atomic mass is 16.8. The van der Waals surface area contributed by atoms with Crippen LogP contribution in [0.5, 0.6) is 5.75 Å². The van der Waals surface area contributed by atoms with E-state index in [9.17, 15) is 14.4 Å². The monoisotopic (exact) mass is 1260 g/mol. The average molecular weight is 1260 g/mol. The number of hydrogen-bond acceptors (Lipinski definition) is 19. The third-order valence-electron chi connectivity index (χ3n) is 15.8. The quantitative estimate of drug-likeness (QED) is 0.0234. The van der Waals surface area contributed by atoms with Crippen LogP contribution in [0.4, 0.5) is 0 Å². The molecule has 19 heteroatoms. The molecule has 7 aromatic carbocycles. The fourth-order valence-electron chi connectivity index (χ4n) is 11.1. The van der Waals surface area contributed by atoms with E-state index in [-0.39, 0.29) is 51.8 Å². The molecule has 0 saturated carbocycles. The van der Waals surface area contributed by atoms with E-state index in [0.29, 0.717) is 5.75 Å². The smallest absolute Gasteiger partial charge is 0.338 e. The molecule has 3 fully saturated rings. The number of carbonyl (C=O) groups excluding carboxylic acids is 3. The van der Waals surface area contributed by atoms with Gasteiger partial charge in [-0.1, -0.05) is 188 Å². The molecule has 19 nitrogen and oxygen atoms in total. The summed E-state index contributed by atoms with van der Waals surface area (Å²) < 4.78 is 106. The minimum Gasteiger partial charge on any atom is -0.497 e. The standard InChI is InChI=1S/C73H78O19/c1-6-41-80-71-65(85-45-52-31-19-10-20-32-52)61(84-44-51-29-17-9-18-30-51)62(64(90-71)70(76)79-5)89-73-67(58(81-42-49-25-13-7-14-26-49)57(48(2)87-73)88-68(74)55-35-23-12-24-36-55)92-72-66(86-46-53-33-21-11-22-34-53)60(83-43-50-27-15-8-16-28-50)59(63(91-72)69(75)78-4)82-47-54-37-39-56(77-3)40-38-54/h6-40,48,57-67,71-73H,1,41-47H2,2-5H3/t48-,57-,58+,59+,60-,61-,62+,63-,64-,65+,66+,67+,71+,72+,73-/m0/s1. The number of hydrogen-bond donors (Lipinski definition) is 0. The molecule has 0 aliphatic carbocycles. The van der Waals surface area contributed by atoms with Gasteiger partial charge in [0.05, 0.1) is 79.2 Å². The first-order chi connectivity index (χ1) is 45.1. The van der Waals surface area contributed by atoms with Crippen molar-refractivity contribution >= 4 is 17.9 Å². The summed E-state index contributed by atoms with van der Waals surface area (Å²) in [6.45, 7) is 5.54. The highest BCUT2D eigenvalue weighted by Crippen LogP contribution is 2.40. The lowest BCUT2D eigenvalue weighted by Gasteiger charge is -2.51. The van der Waals surface area contributed by atoms with Crippen molar-refractivity contribution in [1.82, 2.24) is 0 Å². The van der Waals surface area contributed by atoms with E-state index >= 15 is 0 Å². The van der Waals surface area contributed by atoms with Crippen LogP contribution in [0.25, 0.3) is 0 Å². The second-order valence-electron chi connectivity index (χ2n) is 22.1. The Hall–Kier alpha value is -7.99. The van der Waals surface area contributed by atoms with Crippen molar-refractivity contribution in [2.24, 2.45) is 0 Å². The molecular formula is C73H78O19. The lowest BCUT2D eigenvalue weighted by Crippen LogP contribution is -2.68. The Morgan fingerprint density at radius 2 is 0.728 bits per heavy atom. The molecule has 3 heterocycles. The third kappa shape index (κ3) is 17.8. The molecule has 0 N–H and O–H groups in total. The molecule has 0 radical (unpaired) electrons. The van der Waals surface area contributed by atoms with Gasteiger partial charge in [-0.25, -0.2) is 14.4 Å². The fourth-order valence-corrected chi connectivity index (χ4v) is 11.1. The summed E-state index contributed by atoms with van der Waals surface area (Å²) in [5, 5.41) is 0. The van der Waals surface area contributed by atoms with Gasteiger partial charge >= 0.3 is 17.9 Å². The highest BCUT2D eigenvalue weighted by molar-refractivity contribution is 5.89. The maximum Gasteiger partial charge on any atom is 0.338 e. The van der Waals surface area contributed by atoms with E-state index < -0.39 is 110 Å². The van der Waals surface area contributed by atoms with Crippen LogP contribution in [0.1, 0.15) is 50.7 Å². The predicted molar refractivity (Wildman–Crippen MR) is 334 cm³/mol. The molecule has 0 aromatic heterocycles. The minimum absolute atomic E-state index is 0.00184. The maximum absolute atomic E-state index is 14.6. The van der Waals surface area contributed by atoms with Gasteiger partial charge in [-0.2, -0.15) is 0 Å². The van der Waals surface area contributed by atoms with Crippen LogP contribution in [-0.4, -0.2) is 138 Å². The molecule has 0 bridgehead atoms. The van der Waals surface area contributed by atoms with Crippen molar-refractivity contribution < 1.29 is 90.2 Å². The molecule has 3 saturated heterocycles. The number of esters is 3. The SMILES string of the molecule is C=CCO[C@@H]1O[C@H](C(=O)OC)[C@H](O[C@@H]2O[C@@H](C)[C@H](OC(=O)c3ccccc3)[C@@H](OCc3ccccc3)[C@H]2O[C@H]2O[C@H](C(=O)OC)[C@H](OCc3ccc(OC)cc3)[C@H](OCc3ccccc3)[C@H]2OCc2ccccc2)[C@H](OCc2ccccc2)[C@H]1OCc1ccccc1. The Labute approximate surface area is 536 Å². The molecule has 10 rings (SSSR count). The van der Waals surface area contributed by atoms with E-state index in [0.717, 1.165) is 33.4 Å². The Kier molecular flexibility index (Phi) is 24.8. The summed E-state index contributed by atoms with van der Waals surface area (Å²) in [7, 11) is 4.04. The van der Waals surface area contributed by atoms with E-state index in [4.69, 9.17) is 75.8 Å². The second kappa shape index (κ2) is 34.1. The molecule has 3 aliphatic rings. The van der Waals surface area contributed by atoms with E-state index in [2.05, 4.69) is 6.58 Å². The third-order valence-corrected chi connectivity index (χ3v) is 15.8. The van der Waals surface area contributed by atoms with Crippen LogP contribution in [0.15, 0.2) is 219 Å². The lowest BCUT2D eigenvalue weighted by atomic mass is 9.95. The summed E-state index contributed by atoms with van der Waals surface area (Å²) in [4.78, 5) is 43.6. The number of rotatable bonds is 30. The molecule has 0 spiro atoms. The van der Waals surface area contributed by atoms with Gasteiger partial charge in [0.15, 0.2) is 37.2 Å². The van der Waals surface area contributed by atoms with Crippen molar-refractivity contribution in [2.75, 3.05) is 27.9 Å². The van der Waals surface area contributed by atoms with Crippen LogP contribution in [0, 0.1) is 0 Å². The van der Waals surface area contributed by atoms with Gasteiger partial charge < -0.3 is 75.8 Å². The lowest BCUT2D eigenvalue weighted by molar-refractivity contribution is -0.392. The second-order valence-corrected chi connectivity index (χ2v) is 22.1. The van der Waals surface area contributed by atoms with Crippen molar-refractivity contribution in [3.8, 4) is 5.75 Å². The molecule has 15 atom stereocenters. The van der Waals surface area contributed by atoms with Gasteiger partial charge in [0.1, 0.15) is 54.6 Å². The Balaban J connectivity index is 1.12. The van der Waals surface area contributed by atoms with Crippen LogP contribution in [0.3, 0.4) is 0 Å². The van der Waals surface area contributed by atoms with Gasteiger partial charge in [-0.15, -0.1) is 6.58 Å². The summed E-state index contributed by atoms with van der Waals surface area (Å²) in [5.41, 5.74) is 4.91. The van der Waals surface area contributed by atoms with Gasteiger partial charge in [0.2, 0.25) is 0 Å². The number of ether oxygens (including phenoxy) is 16. The number of carbonyl (C=O) groups is 3. The van der Waals surface area contributed by atoms with Crippen LogP contribution in [0.2, 0.25) is 0 Å². The topological polar surface area (TPSA) is 199 Å².